The number of carbonyl (C=O) groups is 1. The molecule has 2 rings (SSSR count). The smallest absolute Gasteiger partial charge is 0.271 e. The Morgan fingerprint density at radius 3 is 3.10 bits per heavy atom. The SMILES string of the molecule is CC(=O)N1CCO[C@@H](CNc2nc(C)[nH]c(=O)c2Cl)C1. The first kappa shape index (κ1) is 14.8. The molecule has 0 saturated carbocycles. The van der Waals surface area contributed by atoms with Crippen LogP contribution in [0.15, 0.2) is 4.79 Å². The molecular weight excluding hydrogens is 284 g/mol. The van der Waals surface area contributed by atoms with Crippen LogP contribution in [0, 0.1) is 6.92 Å². The summed E-state index contributed by atoms with van der Waals surface area (Å²) < 4.78 is 5.57. The van der Waals surface area contributed by atoms with Gasteiger partial charge >= 0.3 is 0 Å². The third-order valence-electron chi connectivity index (χ3n) is 3.06. The first-order chi connectivity index (χ1) is 9.47. The average molecular weight is 301 g/mol. The van der Waals surface area contributed by atoms with Gasteiger partial charge < -0.3 is 19.9 Å². The zero-order chi connectivity index (χ0) is 14.7. The van der Waals surface area contributed by atoms with Gasteiger partial charge in [0.2, 0.25) is 5.91 Å². The summed E-state index contributed by atoms with van der Waals surface area (Å²) in [6.07, 6.45) is -0.148. The number of halogens is 1. The number of morpholine rings is 1. The molecule has 1 aromatic heterocycles. The normalized spacial score (nSPS) is 18.9. The lowest BCUT2D eigenvalue weighted by Crippen LogP contribution is -2.47. The predicted molar refractivity (Wildman–Crippen MR) is 75.1 cm³/mol. The lowest BCUT2D eigenvalue weighted by molar-refractivity contribution is -0.135. The van der Waals surface area contributed by atoms with E-state index in [9.17, 15) is 9.59 Å². The minimum absolute atomic E-state index is 0.0230. The Hall–Kier alpha value is -1.60. The molecule has 1 fully saturated rings. The number of anilines is 1. The van der Waals surface area contributed by atoms with E-state index in [-0.39, 0.29) is 22.6 Å². The van der Waals surface area contributed by atoms with Crippen molar-refractivity contribution in [2.24, 2.45) is 0 Å². The van der Waals surface area contributed by atoms with E-state index in [1.54, 1.807) is 11.8 Å². The van der Waals surface area contributed by atoms with Crippen molar-refractivity contribution < 1.29 is 9.53 Å². The minimum atomic E-state index is -0.378. The van der Waals surface area contributed by atoms with Crippen molar-refractivity contribution in [2.45, 2.75) is 20.0 Å². The molecule has 8 heteroatoms. The number of aryl methyl sites for hydroxylation is 1. The Bertz CT molecular complexity index is 560. The van der Waals surface area contributed by atoms with Gasteiger partial charge in [-0.05, 0) is 6.92 Å². The van der Waals surface area contributed by atoms with Crippen LogP contribution in [0.2, 0.25) is 5.02 Å². The van der Waals surface area contributed by atoms with Crippen molar-refractivity contribution >= 4 is 23.3 Å². The highest BCUT2D eigenvalue weighted by Gasteiger charge is 2.22. The topological polar surface area (TPSA) is 87.3 Å². The molecule has 0 bridgehead atoms. The van der Waals surface area contributed by atoms with Crippen molar-refractivity contribution in [3.8, 4) is 0 Å². The van der Waals surface area contributed by atoms with Crippen molar-refractivity contribution in [3.63, 3.8) is 0 Å². The Kier molecular flexibility index (Phi) is 4.61. The number of rotatable bonds is 3. The van der Waals surface area contributed by atoms with E-state index in [0.29, 0.717) is 37.9 Å². The van der Waals surface area contributed by atoms with Gasteiger partial charge in [-0.1, -0.05) is 11.6 Å². The molecule has 1 aromatic rings. The van der Waals surface area contributed by atoms with Crippen LogP contribution >= 0.6 is 11.6 Å². The Morgan fingerprint density at radius 1 is 1.65 bits per heavy atom. The summed E-state index contributed by atoms with van der Waals surface area (Å²) in [6.45, 7) is 5.27. The van der Waals surface area contributed by atoms with Gasteiger partial charge in [0.05, 0.1) is 12.7 Å². The van der Waals surface area contributed by atoms with Crippen LogP contribution in [-0.2, 0) is 9.53 Å². The quantitative estimate of drug-likeness (QED) is 0.843. The van der Waals surface area contributed by atoms with Gasteiger partial charge in [0.25, 0.3) is 5.56 Å². The molecule has 0 aliphatic carbocycles. The summed E-state index contributed by atoms with van der Waals surface area (Å²) in [5, 5.41) is 3.02. The fourth-order valence-corrected chi connectivity index (χ4v) is 2.18. The van der Waals surface area contributed by atoms with Crippen molar-refractivity contribution in [1.29, 1.82) is 0 Å². The van der Waals surface area contributed by atoms with Crippen molar-refractivity contribution in [1.82, 2.24) is 14.9 Å². The molecule has 20 heavy (non-hydrogen) atoms. The first-order valence-electron chi connectivity index (χ1n) is 6.34. The number of nitrogens with one attached hydrogen (secondary N) is 2. The van der Waals surface area contributed by atoms with Gasteiger partial charge in [-0.25, -0.2) is 4.98 Å². The average Bonchev–Trinajstić information content (AvgIpc) is 2.41. The fourth-order valence-electron chi connectivity index (χ4n) is 2.03. The Morgan fingerprint density at radius 2 is 2.40 bits per heavy atom. The van der Waals surface area contributed by atoms with Gasteiger partial charge in [-0.3, -0.25) is 9.59 Å². The maximum atomic E-state index is 11.5. The highest BCUT2D eigenvalue weighted by atomic mass is 35.5. The second-order valence-corrected chi connectivity index (χ2v) is 5.03. The first-order valence-corrected chi connectivity index (χ1v) is 6.72. The molecule has 2 heterocycles. The number of aromatic nitrogens is 2. The number of nitrogens with zero attached hydrogens (tertiary/aromatic N) is 2. The summed E-state index contributed by atoms with van der Waals surface area (Å²) in [5.74, 6) is 0.842. The van der Waals surface area contributed by atoms with E-state index in [1.165, 1.54) is 6.92 Å². The van der Waals surface area contributed by atoms with Gasteiger partial charge in [0.1, 0.15) is 10.8 Å². The number of carbonyl (C=O) groups excluding carboxylic acids is 1. The van der Waals surface area contributed by atoms with E-state index >= 15 is 0 Å². The number of amides is 1. The minimum Gasteiger partial charge on any atom is -0.373 e. The number of hydrogen-bond acceptors (Lipinski definition) is 5. The van der Waals surface area contributed by atoms with Crippen LogP contribution in [0.25, 0.3) is 0 Å². The summed E-state index contributed by atoms with van der Waals surface area (Å²) in [4.78, 5) is 31.2. The molecule has 1 aliphatic heterocycles. The molecule has 2 N–H and O–H groups in total. The van der Waals surface area contributed by atoms with Crippen LogP contribution in [0.5, 0.6) is 0 Å². The van der Waals surface area contributed by atoms with Gasteiger partial charge in [0, 0.05) is 26.6 Å². The van der Waals surface area contributed by atoms with Crippen LogP contribution in [0.1, 0.15) is 12.7 Å². The predicted octanol–water partition coefficient (Wildman–Crippen LogP) is 0.391. The second-order valence-electron chi connectivity index (χ2n) is 4.65. The van der Waals surface area contributed by atoms with Gasteiger partial charge in [0.15, 0.2) is 5.82 Å². The van der Waals surface area contributed by atoms with Crippen LogP contribution in [0.3, 0.4) is 0 Å². The van der Waals surface area contributed by atoms with Crippen molar-refractivity contribution in [3.05, 3.63) is 21.2 Å². The molecule has 0 aromatic carbocycles. The molecule has 1 aliphatic rings. The molecule has 1 saturated heterocycles. The van der Waals surface area contributed by atoms with Gasteiger partial charge in [-0.2, -0.15) is 0 Å². The molecule has 7 nitrogen and oxygen atoms in total. The largest absolute Gasteiger partial charge is 0.373 e. The number of H-pyrrole nitrogens is 1. The monoisotopic (exact) mass is 300 g/mol. The third kappa shape index (κ3) is 3.49. The van der Waals surface area contributed by atoms with Crippen LogP contribution in [-0.4, -0.2) is 53.1 Å². The number of hydrogen-bond donors (Lipinski definition) is 2. The molecule has 1 amide bonds. The molecule has 0 radical (unpaired) electrons. The second kappa shape index (κ2) is 6.23. The molecule has 0 unspecified atom stereocenters. The van der Waals surface area contributed by atoms with Crippen LogP contribution in [0.4, 0.5) is 5.82 Å². The van der Waals surface area contributed by atoms with Crippen molar-refractivity contribution in [2.75, 3.05) is 31.6 Å². The lowest BCUT2D eigenvalue weighted by Gasteiger charge is -2.32. The fraction of sp³-hybridized carbons (Fsp3) is 0.583. The van der Waals surface area contributed by atoms with Crippen LogP contribution < -0.4 is 10.9 Å². The lowest BCUT2D eigenvalue weighted by atomic mass is 10.2. The highest BCUT2D eigenvalue weighted by molar-refractivity contribution is 6.32. The summed E-state index contributed by atoms with van der Waals surface area (Å²) in [7, 11) is 0. The van der Waals surface area contributed by atoms with E-state index < -0.39 is 0 Å². The highest BCUT2D eigenvalue weighted by Crippen LogP contribution is 2.14. The Balaban J connectivity index is 1.99. The Labute approximate surface area is 121 Å². The summed E-state index contributed by atoms with van der Waals surface area (Å²) >= 11 is 5.89. The zero-order valence-corrected chi connectivity index (χ0v) is 12.2. The molecular formula is C12H17ClN4O3. The van der Waals surface area contributed by atoms with E-state index in [0.717, 1.165) is 0 Å². The summed E-state index contributed by atoms with van der Waals surface area (Å²) in [5.41, 5.74) is -0.378. The molecule has 110 valence electrons. The van der Waals surface area contributed by atoms with E-state index in [1.807, 2.05) is 0 Å². The van der Waals surface area contributed by atoms with E-state index in [2.05, 4.69) is 15.3 Å². The number of ether oxygens (including phenoxy) is 1. The molecule has 0 spiro atoms. The van der Waals surface area contributed by atoms with E-state index in [4.69, 9.17) is 16.3 Å². The molecule has 1 atom stereocenters. The van der Waals surface area contributed by atoms with Gasteiger partial charge in [-0.15, -0.1) is 0 Å². The standard InChI is InChI=1S/C12H17ClN4O3/c1-7-15-11(10(13)12(19)16-7)14-5-9-6-17(8(2)18)3-4-20-9/h9H,3-6H2,1-2H3,(H2,14,15,16,19)/t9-/m0/s1. The maximum absolute atomic E-state index is 11.5. The maximum Gasteiger partial charge on any atom is 0.271 e. The third-order valence-corrected chi connectivity index (χ3v) is 3.41. The number of aromatic amines is 1. The summed E-state index contributed by atoms with van der Waals surface area (Å²) in [6, 6.07) is 0. The zero-order valence-electron chi connectivity index (χ0n) is 11.4.